The molecule has 128 valence electrons. The predicted molar refractivity (Wildman–Crippen MR) is 91.1 cm³/mol. The first-order valence-corrected chi connectivity index (χ1v) is 7.55. The van der Waals surface area contributed by atoms with Crippen molar-refractivity contribution in [1.82, 2.24) is 0 Å². The van der Waals surface area contributed by atoms with Gasteiger partial charge in [-0.1, -0.05) is 30.3 Å². The summed E-state index contributed by atoms with van der Waals surface area (Å²) in [6.45, 7) is 4.10. The Morgan fingerprint density at radius 3 is 1.88 bits per heavy atom. The number of benzene rings is 2. The predicted octanol–water partition coefficient (Wildman–Crippen LogP) is 3.69. The summed E-state index contributed by atoms with van der Waals surface area (Å²) < 4.78 is 21.7. The molecule has 0 N–H and O–H groups in total. The molecular formula is C19H22O5. The number of carbonyl (C=O) groups excluding carboxylic acids is 1. The van der Waals surface area contributed by atoms with Crippen LogP contribution in [0.3, 0.4) is 0 Å². The maximum Gasteiger partial charge on any atom is 0.345 e. The van der Waals surface area contributed by atoms with Crippen molar-refractivity contribution in [1.29, 1.82) is 0 Å². The molecule has 5 heteroatoms. The minimum atomic E-state index is -0.510. The number of hydrogen-bond donors (Lipinski definition) is 0. The molecule has 0 radical (unpaired) electrons. The van der Waals surface area contributed by atoms with Crippen LogP contribution in [0.15, 0.2) is 30.3 Å². The Balaban J connectivity index is 2.50. The van der Waals surface area contributed by atoms with Crippen LogP contribution in [0, 0.1) is 13.8 Å². The molecule has 0 saturated carbocycles. The third kappa shape index (κ3) is 3.30. The van der Waals surface area contributed by atoms with E-state index in [0.717, 1.165) is 16.7 Å². The van der Waals surface area contributed by atoms with Crippen molar-refractivity contribution in [2.24, 2.45) is 0 Å². The molecular weight excluding hydrogens is 308 g/mol. The minimum Gasteiger partial charge on any atom is -0.495 e. The van der Waals surface area contributed by atoms with E-state index >= 15 is 0 Å². The summed E-state index contributed by atoms with van der Waals surface area (Å²) in [6, 6.07) is 9.85. The summed E-state index contributed by atoms with van der Waals surface area (Å²) in [7, 11) is 4.33. The van der Waals surface area contributed by atoms with Crippen molar-refractivity contribution in [2.45, 2.75) is 20.5 Å². The van der Waals surface area contributed by atoms with Crippen molar-refractivity contribution in [2.75, 3.05) is 21.3 Å². The second-order valence-electron chi connectivity index (χ2n) is 5.29. The first-order chi connectivity index (χ1) is 11.5. The molecule has 0 aromatic heterocycles. The highest BCUT2D eigenvalue weighted by Gasteiger charge is 2.27. The van der Waals surface area contributed by atoms with Gasteiger partial charge in [-0.05, 0) is 19.4 Å². The van der Waals surface area contributed by atoms with Gasteiger partial charge >= 0.3 is 5.97 Å². The van der Waals surface area contributed by atoms with Crippen molar-refractivity contribution in [3.63, 3.8) is 0 Å². The summed E-state index contributed by atoms with van der Waals surface area (Å²) in [6.07, 6.45) is 0. The number of rotatable bonds is 6. The van der Waals surface area contributed by atoms with E-state index in [1.807, 2.05) is 44.2 Å². The summed E-state index contributed by atoms with van der Waals surface area (Å²) in [5.41, 5.74) is 2.77. The average molecular weight is 330 g/mol. The van der Waals surface area contributed by atoms with Crippen LogP contribution in [0.2, 0.25) is 0 Å². The van der Waals surface area contributed by atoms with Gasteiger partial charge in [-0.3, -0.25) is 0 Å². The van der Waals surface area contributed by atoms with E-state index < -0.39 is 5.97 Å². The summed E-state index contributed by atoms with van der Waals surface area (Å²) in [5.74, 6) is 0.921. The van der Waals surface area contributed by atoms with Crippen molar-refractivity contribution in [3.8, 4) is 17.2 Å². The Hall–Kier alpha value is -2.69. The molecule has 0 unspecified atom stereocenters. The van der Waals surface area contributed by atoms with Crippen molar-refractivity contribution < 1.29 is 23.7 Å². The standard InChI is InChI=1S/C19H22O5/c1-12-16(24-11-14-9-7-6-8-10-14)13(2)18(22-4)15(17(12)21-3)19(20)23-5/h6-10H,11H2,1-5H3. The maximum absolute atomic E-state index is 12.1. The molecule has 0 bridgehead atoms. The van der Waals surface area contributed by atoms with Gasteiger partial charge in [0.25, 0.3) is 0 Å². The molecule has 0 aliphatic rings. The van der Waals surface area contributed by atoms with Crippen LogP contribution in [-0.2, 0) is 11.3 Å². The molecule has 0 amide bonds. The number of esters is 1. The molecule has 0 aliphatic heterocycles. The fourth-order valence-corrected chi connectivity index (χ4v) is 2.71. The molecule has 0 atom stereocenters. The first kappa shape index (κ1) is 17.7. The quantitative estimate of drug-likeness (QED) is 0.756. The fourth-order valence-electron chi connectivity index (χ4n) is 2.71. The number of methoxy groups -OCH3 is 3. The fraction of sp³-hybridized carbons (Fsp3) is 0.316. The highest BCUT2D eigenvalue weighted by Crippen LogP contribution is 2.43. The third-order valence-corrected chi connectivity index (χ3v) is 3.84. The van der Waals surface area contributed by atoms with E-state index in [2.05, 4.69) is 0 Å². The van der Waals surface area contributed by atoms with Gasteiger partial charge in [0.2, 0.25) is 0 Å². The highest BCUT2D eigenvalue weighted by atomic mass is 16.5. The maximum atomic E-state index is 12.1. The Bertz CT molecular complexity index is 691. The van der Waals surface area contributed by atoms with Crippen LogP contribution in [0.1, 0.15) is 27.0 Å². The molecule has 0 fully saturated rings. The normalized spacial score (nSPS) is 10.2. The van der Waals surface area contributed by atoms with Gasteiger partial charge in [-0.15, -0.1) is 0 Å². The summed E-state index contributed by atoms with van der Waals surface area (Å²) in [5, 5.41) is 0. The minimum absolute atomic E-state index is 0.268. The smallest absolute Gasteiger partial charge is 0.345 e. The average Bonchev–Trinajstić information content (AvgIpc) is 2.61. The van der Waals surface area contributed by atoms with Gasteiger partial charge in [0.1, 0.15) is 29.4 Å². The van der Waals surface area contributed by atoms with Gasteiger partial charge in [0, 0.05) is 11.1 Å². The van der Waals surface area contributed by atoms with E-state index in [0.29, 0.717) is 23.9 Å². The lowest BCUT2D eigenvalue weighted by molar-refractivity contribution is 0.0592. The van der Waals surface area contributed by atoms with Gasteiger partial charge in [-0.25, -0.2) is 4.79 Å². The zero-order chi connectivity index (χ0) is 17.7. The van der Waals surface area contributed by atoms with Crippen molar-refractivity contribution in [3.05, 3.63) is 52.6 Å². The zero-order valence-corrected chi connectivity index (χ0v) is 14.6. The summed E-state index contributed by atoms with van der Waals surface area (Å²) >= 11 is 0. The highest BCUT2D eigenvalue weighted by molar-refractivity contribution is 5.97. The van der Waals surface area contributed by atoms with Crippen LogP contribution in [-0.4, -0.2) is 27.3 Å². The SMILES string of the molecule is COC(=O)c1c(OC)c(C)c(OCc2ccccc2)c(C)c1OC. The lowest BCUT2D eigenvalue weighted by atomic mass is 10.0. The first-order valence-electron chi connectivity index (χ1n) is 7.55. The molecule has 0 spiro atoms. The largest absolute Gasteiger partial charge is 0.495 e. The second-order valence-corrected chi connectivity index (χ2v) is 5.29. The molecule has 0 aliphatic carbocycles. The molecule has 0 heterocycles. The van der Waals surface area contributed by atoms with E-state index in [4.69, 9.17) is 18.9 Å². The molecule has 0 saturated heterocycles. The summed E-state index contributed by atoms with van der Waals surface area (Å²) in [4.78, 5) is 12.1. The number of hydrogen-bond acceptors (Lipinski definition) is 5. The van der Waals surface area contributed by atoms with E-state index in [1.165, 1.54) is 21.3 Å². The van der Waals surface area contributed by atoms with Crippen LogP contribution >= 0.6 is 0 Å². The molecule has 2 aromatic rings. The zero-order valence-electron chi connectivity index (χ0n) is 14.6. The van der Waals surface area contributed by atoms with E-state index in [-0.39, 0.29) is 5.56 Å². The van der Waals surface area contributed by atoms with Gasteiger partial charge in [0.05, 0.1) is 21.3 Å². The second kappa shape index (κ2) is 7.73. The van der Waals surface area contributed by atoms with Crippen molar-refractivity contribution >= 4 is 5.97 Å². The van der Waals surface area contributed by atoms with Crippen LogP contribution in [0.4, 0.5) is 0 Å². The third-order valence-electron chi connectivity index (χ3n) is 3.84. The molecule has 5 nitrogen and oxygen atoms in total. The number of ether oxygens (including phenoxy) is 4. The van der Waals surface area contributed by atoms with Crippen LogP contribution in [0.25, 0.3) is 0 Å². The van der Waals surface area contributed by atoms with Gasteiger partial charge in [-0.2, -0.15) is 0 Å². The lowest BCUT2D eigenvalue weighted by Crippen LogP contribution is -2.11. The lowest BCUT2D eigenvalue weighted by Gasteiger charge is -2.21. The Labute approximate surface area is 142 Å². The molecule has 24 heavy (non-hydrogen) atoms. The Kier molecular flexibility index (Phi) is 5.68. The Morgan fingerprint density at radius 1 is 0.875 bits per heavy atom. The monoisotopic (exact) mass is 330 g/mol. The van der Waals surface area contributed by atoms with E-state index in [9.17, 15) is 4.79 Å². The molecule has 2 aromatic carbocycles. The van der Waals surface area contributed by atoms with Gasteiger partial charge < -0.3 is 18.9 Å². The number of carbonyl (C=O) groups is 1. The Morgan fingerprint density at radius 2 is 1.42 bits per heavy atom. The molecule has 2 rings (SSSR count). The van der Waals surface area contributed by atoms with E-state index in [1.54, 1.807) is 0 Å². The topological polar surface area (TPSA) is 54.0 Å². The van der Waals surface area contributed by atoms with Crippen LogP contribution in [0.5, 0.6) is 17.2 Å². The van der Waals surface area contributed by atoms with Crippen LogP contribution < -0.4 is 14.2 Å². The van der Waals surface area contributed by atoms with Gasteiger partial charge in [0.15, 0.2) is 0 Å².